The molecule has 16 heavy (non-hydrogen) atoms. The molecule has 4 nitrogen and oxygen atoms in total. The van der Waals surface area contributed by atoms with E-state index in [1.54, 1.807) is 30.3 Å². The third-order valence-corrected chi connectivity index (χ3v) is 1.92. The van der Waals surface area contributed by atoms with Crippen molar-refractivity contribution in [1.82, 2.24) is 5.32 Å². The van der Waals surface area contributed by atoms with Crippen LogP contribution >= 0.6 is 11.6 Å². The van der Waals surface area contributed by atoms with E-state index in [0.29, 0.717) is 5.02 Å². The molecule has 0 aliphatic rings. The summed E-state index contributed by atoms with van der Waals surface area (Å²) in [5.74, 6) is -1.54. The van der Waals surface area contributed by atoms with Gasteiger partial charge in [-0.3, -0.25) is 9.59 Å². The van der Waals surface area contributed by atoms with Crippen molar-refractivity contribution in [3.05, 3.63) is 40.9 Å². The average Bonchev–Trinajstić information content (AvgIpc) is 2.23. The number of aliphatic carboxylic acids is 1. The second kappa shape index (κ2) is 5.92. The van der Waals surface area contributed by atoms with Gasteiger partial charge in [0.15, 0.2) is 0 Å². The molecule has 0 aliphatic carbocycles. The minimum Gasteiger partial charge on any atom is -0.480 e. The highest BCUT2D eigenvalue weighted by atomic mass is 35.5. The Labute approximate surface area is 97.5 Å². The lowest BCUT2D eigenvalue weighted by Crippen LogP contribution is -2.27. The van der Waals surface area contributed by atoms with Gasteiger partial charge in [-0.15, -0.1) is 0 Å². The Kier molecular flexibility index (Phi) is 4.54. The van der Waals surface area contributed by atoms with Gasteiger partial charge < -0.3 is 10.4 Å². The fraction of sp³-hybridized carbons (Fsp3) is 0.0909. The molecule has 0 atom stereocenters. The highest BCUT2D eigenvalue weighted by Crippen LogP contribution is 2.11. The lowest BCUT2D eigenvalue weighted by Gasteiger charge is -1.97. The van der Waals surface area contributed by atoms with Gasteiger partial charge in [0.05, 0.1) is 0 Å². The largest absolute Gasteiger partial charge is 0.480 e. The summed E-state index contributed by atoms with van der Waals surface area (Å²) >= 11 is 5.75. The van der Waals surface area contributed by atoms with E-state index in [2.05, 4.69) is 5.32 Å². The summed E-state index contributed by atoms with van der Waals surface area (Å²) in [5.41, 5.74) is 0.776. The molecular weight excluding hydrogens is 230 g/mol. The molecule has 2 N–H and O–H groups in total. The molecule has 1 amide bonds. The summed E-state index contributed by atoms with van der Waals surface area (Å²) in [4.78, 5) is 21.3. The SMILES string of the molecule is O=C(O)CNC(=O)/C=C/c1cccc(Cl)c1. The molecule has 0 saturated heterocycles. The van der Waals surface area contributed by atoms with Gasteiger partial charge in [0, 0.05) is 11.1 Å². The first-order chi connectivity index (χ1) is 7.58. The zero-order valence-corrected chi connectivity index (χ0v) is 9.07. The summed E-state index contributed by atoms with van der Waals surface area (Å²) in [6.45, 7) is -0.390. The molecule has 84 valence electrons. The maximum Gasteiger partial charge on any atom is 0.322 e. The highest BCUT2D eigenvalue weighted by molar-refractivity contribution is 6.30. The third-order valence-electron chi connectivity index (χ3n) is 1.69. The van der Waals surface area contributed by atoms with Crippen LogP contribution in [0.4, 0.5) is 0 Å². The van der Waals surface area contributed by atoms with Gasteiger partial charge in [0.25, 0.3) is 0 Å². The number of hydrogen-bond donors (Lipinski definition) is 2. The summed E-state index contributed by atoms with van der Waals surface area (Å²) in [6.07, 6.45) is 2.82. The Balaban J connectivity index is 2.53. The van der Waals surface area contributed by atoms with Crippen LogP contribution < -0.4 is 5.32 Å². The average molecular weight is 240 g/mol. The lowest BCUT2D eigenvalue weighted by atomic mass is 10.2. The fourth-order valence-electron chi connectivity index (χ4n) is 1.00. The summed E-state index contributed by atoms with van der Waals surface area (Å²) in [6, 6.07) is 6.97. The van der Waals surface area contributed by atoms with Crippen LogP contribution in [-0.2, 0) is 9.59 Å². The van der Waals surface area contributed by atoms with E-state index in [1.807, 2.05) is 0 Å². The second-order valence-corrected chi connectivity index (χ2v) is 3.44. The first-order valence-corrected chi connectivity index (χ1v) is 4.89. The Morgan fingerprint density at radius 2 is 2.19 bits per heavy atom. The van der Waals surface area contributed by atoms with Crippen LogP contribution in [0, 0.1) is 0 Å². The second-order valence-electron chi connectivity index (χ2n) is 3.00. The van der Waals surface area contributed by atoms with Crippen LogP contribution in [0.15, 0.2) is 30.3 Å². The number of benzene rings is 1. The van der Waals surface area contributed by atoms with Crippen molar-refractivity contribution in [3.63, 3.8) is 0 Å². The summed E-state index contributed by atoms with van der Waals surface area (Å²) in [5, 5.41) is 11.1. The fourth-order valence-corrected chi connectivity index (χ4v) is 1.20. The minimum atomic E-state index is -1.08. The smallest absolute Gasteiger partial charge is 0.322 e. The van der Waals surface area contributed by atoms with Crippen LogP contribution in [0.3, 0.4) is 0 Å². The van der Waals surface area contributed by atoms with Crippen molar-refractivity contribution in [2.24, 2.45) is 0 Å². The summed E-state index contributed by atoms with van der Waals surface area (Å²) < 4.78 is 0. The third kappa shape index (κ3) is 4.61. The molecule has 0 aromatic heterocycles. The van der Waals surface area contributed by atoms with E-state index in [-0.39, 0.29) is 0 Å². The van der Waals surface area contributed by atoms with Gasteiger partial charge in [0.1, 0.15) is 6.54 Å². The van der Waals surface area contributed by atoms with Gasteiger partial charge in [0.2, 0.25) is 5.91 Å². The molecular formula is C11H10ClNO3. The molecule has 1 rings (SSSR count). The van der Waals surface area contributed by atoms with Crippen LogP contribution in [0.2, 0.25) is 5.02 Å². The van der Waals surface area contributed by atoms with Crippen molar-refractivity contribution in [2.45, 2.75) is 0 Å². The van der Waals surface area contributed by atoms with Gasteiger partial charge in [-0.2, -0.15) is 0 Å². The number of hydrogen-bond acceptors (Lipinski definition) is 2. The number of carboxylic acids is 1. The molecule has 5 heteroatoms. The first kappa shape index (κ1) is 12.3. The molecule has 0 spiro atoms. The zero-order chi connectivity index (χ0) is 12.0. The topological polar surface area (TPSA) is 66.4 Å². The van der Waals surface area contributed by atoms with E-state index in [9.17, 15) is 9.59 Å². The first-order valence-electron chi connectivity index (χ1n) is 4.51. The number of halogens is 1. The summed E-state index contributed by atoms with van der Waals surface area (Å²) in [7, 11) is 0. The maximum atomic E-state index is 11.1. The molecule has 1 aromatic carbocycles. The quantitative estimate of drug-likeness (QED) is 0.784. The normalized spacial score (nSPS) is 10.3. The number of amides is 1. The van der Waals surface area contributed by atoms with Crippen molar-refractivity contribution in [3.8, 4) is 0 Å². The number of carbonyl (C=O) groups excluding carboxylic acids is 1. The van der Waals surface area contributed by atoms with E-state index in [4.69, 9.17) is 16.7 Å². The maximum absolute atomic E-state index is 11.1. The predicted octanol–water partition coefficient (Wildman–Crippen LogP) is 1.55. The van der Waals surface area contributed by atoms with Gasteiger partial charge in [-0.05, 0) is 23.8 Å². The van der Waals surface area contributed by atoms with Crippen molar-refractivity contribution in [2.75, 3.05) is 6.54 Å². The van der Waals surface area contributed by atoms with E-state index < -0.39 is 18.4 Å². The molecule has 1 aromatic rings. The molecule has 0 bridgehead atoms. The highest BCUT2D eigenvalue weighted by Gasteiger charge is 1.99. The van der Waals surface area contributed by atoms with Crippen LogP contribution in [0.1, 0.15) is 5.56 Å². The number of rotatable bonds is 4. The lowest BCUT2D eigenvalue weighted by molar-refractivity contribution is -0.137. The van der Waals surface area contributed by atoms with Gasteiger partial charge >= 0.3 is 5.97 Å². The van der Waals surface area contributed by atoms with Crippen molar-refractivity contribution >= 4 is 29.6 Å². The Bertz CT molecular complexity index is 429. The molecule has 0 aliphatic heterocycles. The monoisotopic (exact) mass is 239 g/mol. The van der Waals surface area contributed by atoms with Crippen LogP contribution in [-0.4, -0.2) is 23.5 Å². The van der Waals surface area contributed by atoms with Crippen molar-refractivity contribution < 1.29 is 14.7 Å². The Morgan fingerprint density at radius 1 is 1.44 bits per heavy atom. The molecule has 0 saturated carbocycles. The number of carbonyl (C=O) groups is 2. The predicted molar refractivity (Wildman–Crippen MR) is 61.1 cm³/mol. The van der Waals surface area contributed by atoms with E-state index in [1.165, 1.54) is 6.08 Å². The molecule has 0 radical (unpaired) electrons. The Morgan fingerprint density at radius 3 is 2.81 bits per heavy atom. The van der Waals surface area contributed by atoms with Gasteiger partial charge in [-0.1, -0.05) is 23.7 Å². The number of nitrogens with one attached hydrogen (secondary N) is 1. The Hall–Kier alpha value is -1.81. The minimum absolute atomic E-state index is 0.390. The standard InChI is InChI=1S/C11H10ClNO3/c12-9-3-1-2-8(6-9)4-5-10(14)13-7-11(15)16/h1-6H,7H2,(H,13,14)(H,15,16)/b5-4+. The van der Waals surface area contributed by atoms with Crippen molar-refractivity contribution in [1.29, 1.82) is 0 Å². The van der Waals surface area contributed by atoms with Crippen LogP contribution in [0.5, 0.6) is 0 Å². The molecule has 0 fully saturated rings. The molecule has 0 unspecified atom stereocenters. The van der Waals surface area contributed by atoms with Crippen LogP contribution in [0.25, 0.3) is 6.08 Å². The molecule has 0 heterocycles. The van der Waals surface area contributed by atoms with E-state index >= 15 is 0 Å². The van der Waals surface area contributed by atoms with Gasteiger partial charge in [-0.25, -0.2) is 0 Å². The zero-order valence-electron chi connectivity index (χ0n) is 8.31. The van der Waals surface area contributed by atoms with E-state index in [0.717, 1.165) is 5.56 Å². The number of carboxylic acid groups (broad SMARTS) is 1.